The number of aryl methyl sites for hydroxylation is 1. The van der Waals surface area contributed by atoms with Crippen molar-refractivity contribution in [1.29, 1.82) is 21.2 Å². The summed E-state index contributed by atoms with van der Waals surface area (Å²) >= 11 is 0. The van der Waals surface area contributed by atoms with Crippen LogP contribution >= 0.6 is 0 Å². The highest BCUT2D eigenvalue weighted by Gasteiger charge is 2.80. The summed E-state index contributed by atoms with van der Waals surface area (Å²) in [7, 11) is 0. The fourth-order valence-corrected chi connectivity index (χ4v) is 5.20. The van der Waals surface area contributed by atoms with Crippen LogP contribution in [0.15, 0.2) is 24.3 Å². The SMILES string of the molecule is Cc1ccccc1C1OC23CCCCCC2C(C#N)(C(=N)O3)C1(C#N)C#N. The summed E-state index contributed by atoms with van der Waals surface area (Å²) in [4.78, 5) is 0. The first kappa shape index (κ1) is 17.5. The molecule has 3 aliphatic rings. The van der Waals surface area contributed by atoms with Crippen LogP contribution in [0.1, 0.15) is 49.3 Å². The third-order valence-electron chi connectivity index (χ3n) is 6.54. The molecule has 1 aromatic rings. The molecular weight excluding hydrogens is 340 g/mol. The zero-order chi connectivity index (χ0) is 19.3. The van der Waals surface area contributed by atoms with Crippen molar-refractivity contribution in [3.8, 4) is 18.2 Å². The third kappa shape index (κ3) is 1.93. The minimum absolute atomic E-state index is 0.295. The number of nitrogens with one attached hydrogen (secondary N) is 1. The van der Waals surface area contributed by atoms with Crippen molar-refractivity contribution in [2.24, 2.45) is 16.7 Å². The molecule has 2 saturated heterocycles. The molecule has 1 N–H and O–H groups in total. The first-order chi connectivity index (χ1) is 13.0. The number of ether oxygens (including phenoxy) is 2. The van der Waals surface area contributed by atoms with E-state index in [-0.39, 0.29) is 5.90 Å². The first-order valence-electron chi connectivity index (χ1n) is 9.26. The van der Waals surface area contributed by atoms with E-state index in [2.05, 4.69) is 18.2 Å². The molecule has 2 aliphatic heterocycles. The van der Waals surface area contributed by atoms with Crippen molar-refractivity contribution in [2.45, 2.75) is 50.9 Å². The molecule has 1 aliphatic carbocycles. The predicted molar refractivity (Wildman–Crippen MR) is 94.8 cm³/mol. The molecule has 4 unspecified atom stereocenters. The molecule has 136 valence electrons. The van der Waals surface area contributed by atoms with Crippen molar-refractivity contribution in [3.05, 3.63) is 35.4 Å². The maximum absolute atomic E-state index is 10.3. The summed E-state index contributed by atoms with van der Waals surface area (Å²) in [5.74, 6) is -1.91. The van der Waals surface area contributed by atoms with E-state index < -0.39 is 28.6 Å². The van der Waals surface area contributed by atoms with Crippen LogP contribution in [0.4, 0.5) is 0 Å². The molecular formula is C21H20N4O2. The molecule has 1 saturated carbocycles. The Morgan fingerprint density at radius 3 is 2.48 bits per heavy atom. The summed E-state index contributed by atoms with van der Waals surface area (Å²) in [5.41, 5.74) is -1.91. The van der Waals surface area contributed by atoms with Crippen LogP contribution in [0.25, 0.3) is 0 Å². The van der Waals surface area contributed by atoms with E-state index in [0.29, 0.717) is 18.4 Å². The topological polar surface area (TPSA) is 114 Å². The Morgan fingerprint density at radius 2 is 1.81 bits per heavy atom. The summed E-state index contributed by atoms with van der Waals surface area (Å²) in [6.45, 7) is 1.89. The molecule has 6 heteroatoms. The van der Waals surface area contributed by atoms with E-state index in [1.807, 2.05) is 31.2 Å². The van der Waals surface area contributed by atoms with Crippen molar-refractivity contribution < 1.29 is 9.47 Å². The van der Waals surface area contributed by atoms with Gasteiger partial charge in [0.05, 0.1) is 24.1 Å². The lowest BCUT2D eigenvalue weighted by Crippen LogP contribution is -2.59. The standard InChI is InChI=1S/C21H20N4O2/c1-14-7-4-5-8-15(14)17-19(11-22,12-23)20(13-24)16-9-3-2-6-10-21(16,26-17)27-18(20)25/h4-5,7-8,16-17,25H,2-3,6,9-10H2,1H3. The fraction of sp³-hybridized carbons (Fsp3) is 0.524. The first-order valence-corrected chi connectivity index (χ1v) is 9.26. The molecule has 0 amide bonds. The second-order valence-corrected chi connectivity index (χ2v) is 7.70. The Hall–Kier alpha value is -2.88. The molecule has 3 fully saturated rings. The Labute approximate surface area is 158 Å². The fourth-order valence-electron chi connectivity index (χ4n) is 5.20. The molecule has 2 heterocycles. The van der Waals surface area contributed by atoms with E-state index in [1.165, 1.54) is 0 Å². The second-order valence-electron chi connectivity index (χ2n) is 7.70. The van der Waals surface area contributed by atoms with Gasteiger partial charge in [0.15, 0.2) is 5.41 Å². The lowest BCUT2D eigenvalue weighted by Gasteiger charge is -2.49. The average Bonchev–Trinajstić information content (AvgIpc) is 2.81. The van der Waals surface area contributed by atoms with Crippen molar-refractivity contribution in [2.75, 3.05) is 0 Å². The van der Waals surface area contributed by atoms with Gasteiger partial charge < -0.3 is 9.47 Å². The molecule has 6 nitrogen and oxygen atoms in total. The number of hydrogen-bond donors (Lipinski definition) is 1. The Morgan fingerprint density at radius 1 is 1.07 bits per heavy atom. The number of benzene rings is 1. The molecule has 2 bridgehead atoms. The van der Waals surface area contributed by atoms with Gasteiger partial charge in [0.1, 0.15) is 6.10 Å². The van der Waals surface area contributed by atoms with Gasteiger partial charge in [-0.1, -0.05) is 37.1 Å². The van der Waals surface area contributed by atoms with Crippen LogP contribution in [-0.4, -0.2) is 11.7 Å². The minimum Gasteiger partial charge on any atom is -0.447 e. The number of rotatable bonds is 1. The van der Waals surface area contributed by atoms with Crippen molar-refractivity contribution in [3.63, 3.8) is 0 Å². The Bertz CT molecular complexity index is 923. The highest BCUT2D eigenvalue weighted by molar-refractivity contribution is 5.89. The smallest absolute Gasteiger partial charge is 0.217 e. The molecule has 0 radical (unpaired) electrons. The van der Waals surface area contributed by atoms with Gasteiger partial charge >= 0.3 is 0 Å². The lowest BCUT2D eigenvalue weighted by molar-refractivity contribution is -0.285. The van der Waals surface area contributed by atoms with Crippen LogP contribution in [0, 0.1) is 63.1 Å². The summed E-state index contributed by atoms with van der Waals surface area (Å²) in [6, 6.07) is 13.9. The van der Waals surface area contributed by atoms with Gasteiger partial charge in [0, 0.05) is 6.42 Å². The van der Waals surface area contributed by atoms with Crippen LogP contribution in [0.5, 0.6) is 0 Å². The van der Waals surface area contributed by atoms with Gasteiger partial charge in [0.25, 0.3) is 0 Å². The van der Waals surface area contributed by atoms with E-state index in [4.69, 9.17) is 14.9 Å². The largest absolute Gasteiger partial charge is 0.447 e. The van der Waals surface area contributed by atoms with E-state index in [9.17, 15) is 15.8 Å². The number of nitriles is 3. The quantitative estimate of drug-likeness (QED) is 0.816. The highest BCUT2D eigenvalue weighted by atomic mass is 16.7. The van der Waals surface area contributed by atoms with Gasteiger partial charge in [-0.05, 0) is 30.9 Å². The second kappa shape index (κ2) is 5.81. The monoisotopic (exact) mass is 360 g/mol. The molecule has 4 atom stereocenters. The van der Waals surface area contributed by atoms with Crippen LogP contribution in [-0.2, 0) is 9.47 Å². The van der Waals surface area contributed by atoms with Crippen LogP contribution in [0.3, 0.4) is 0 Å². The molecule has 4 rings (SSSR count). The van der Waals surface area contributed by atoms with E-state index in [0.717, 1.165) is 24.8 Å². The van der Waals surface area contributed by atoms with Gasteiger partial charge in [-0.2, -0.15) is 15.8 Å². The van der Waals surface area contributed by atoms with Gasteiger partial charge in [0.2, 0.25) is 17.1 Å². The van der Waals surface area contributed by atoms with Crippen molar-refractivity contribution in [1.82, 2.24) is 0 Å². The van der Waals surface area contributed by atoms with Crippen LogP contribution in [0.2, 0.25) is 0 Å². The van der Waals surface area contributed by atoms with Gasteiger partial charge in [-0.25, -0.2) is 0 Å². The van der Waals surface area contributed by atoms with Crippen molar-refractivity contribution >= 4 is 5.90 Å². The Balaban J connectivity index is 2.03. The molecule has 1 aromatic carbocycles. The highest BCUT2D eigenvalue weighted by Crippen LogP contribution is 2.69. The zero-order valence-electron chi connectivity index (χ0n) is 15.2. The molecule has 0 spiro atoms. The summed E-state index contributed by atoms with van der Waals surface area (Å²) in [5, 5.41) is 39.2. The van der Waals surface area contributed by atoms with Gasteiger partial charge in [-0.15, -0.1) is 0 Å². The Kier molecular flexibility index (Phi) is 3.77. The van der Waals surface area contributed by atoms with E-state index in [1.54, 1.807) is 0 Å². The van der Waals surface area contributed by atoms with Gasteiger partial charge in [-0.3, -0.25) is 5.41 Å². The lowest BCUT2D eigenvalue weighted by atomic mass is 9.52. The minimum atomic E-state index is -1.85. The van der Waals surface area contributed by atoms with Crippen LogP contribution < -0.4 is 0 Å². The third-order valence-corrected chi connectivity index (χ3v) is 6.54. The summed E-state index contributed by atoms with van der Waals surface area (Å²) in [6.07, 6.45) is 2.89. The maximum atomic E-state index is 10.3. The molecule has 0 aromatic heterocycles. The molecule has 27 heavy (non-hydrogen) atoms. The normalized spacial score (nSPS) is 36.3. The number of hydrogen-bond acceptors (Lipinski definition) is 6. The zero-order valence-corrected chi connectivity index (χ0v) is 15.2. The average molecular weight is 360 g/mol. The summed E-state index contributed by atoms with van der Waals surface area (Å²) < 4.78 is 12.4. The maximum Gasteiger partial charge on any atom is 0.217 e. The van der Waals surface area contributed by atoms with E-state index >= 15 is 0 Å². The predicted octanol–water partition coefficient (Wildman–Crippen LogP) is 3.89. The number of nitrogens with zero attached hydrogens (tertiary/aromatic N) is 3.